The van der Waals surface area contributed by atoms with Gasteiger partial charge in [-0.2, -0.15) is 10.2 Å². The molecule has 1 fully saturated rings. The van der Waals surface area contributed by atoms with Gasteiger partial charge in [0.25, 0.3) is 0 Å². The van der Waals surface area contributed by atoms with E-state index in [1.165, 1.54) is 18.3 Å². The number of aromatic nitrogens is 2. The normalized spacial score (nSPS) is 14.8. The Balaban J connectivity index is 1.75. The van der Waals surface area contributed by atoms with Crippen LogP contribution >= 0.6 is 11.6 Å². The van der Waals surface area contributed by atoms with E-state index in [1.54, 1.807) is 6.07 Å². The van der Waals surface area contributed by atoms with Gasteiger partial charge in [-0.3, -0.25) is 0 Å². The second kappa shape index (κ2) is 6.16. The van der Waals surface area contributed by atoms with Gasteiger partial charge in [0.15, 0.2) is 5.82 Å². The maximum atomic E-state index is 13.3. The molecule has 112 valence electrons. The van der Waals surface area contributed by atoms with Crippen LogP contribution in [0.2, 0.25) is 5.28 Å². The summed E-state index contributed by atoms with van der Waals surface area (Å²) in [6.07, 6.45) is 1.43. The first-order valence-corrected chi connectivity index (χ1v) is 7.23. The van der Waals surface area contributed by atoms with Crippen molar-refractivity contribution in [2.24, 2.45) is 0 Å². The van der Waals surface area contributed by atoms with Crippen molar-refractivity contribution in [3.05, 3.63) is 47.1 Å². The molecule has 1 aliphatic heterocycles. The van der Waals surface area contributed by atoms with Crippen LogP contribution in [0.15, 0.2) is 30.5 Å². The summed E-state index contributed by atoms with van der Waals surface area (Å²) in [5.41, 5.74) is 1.27. The van der Waals surface area contributed by atoms with Crippen LogP contribution in [0.4, 0.5) is 15.9 Å². The number of rotatable bonds is 2. The fourth-order valence-corrected chi connectivity index (χ4v) is 2.65. The Morgan fingerprint density at radius 2 is 1.91 bits per heavy atom. The minimum absolute atomic E-state index is 0.126. The lowest BCUT2D eigenvalue weighted by Crippen LogP contribution is -2.47. The number of benzene rings is 1. The van der Waals surface area contributed by atoms with E-state index < -0.39 is 0 Å². The summed E-state index contributed by atoms with van der Waals surface area (Å²) in [6, 6.07) is 8.63. The summed E-state index contributed by atoms with van der Waals surface area (Å²) in [5, 5.41) is 9.28. The van der Waals surface area contributed by atoms with E-state index in [2.05, 4.69) is 20.9 Å². The lowest BCUT2D eigenvalue weighted by Gasteiger charge is -2.36. The van der Waals surface area contributed by atoms with Gasteiger partial charge in [0, 0.05) is 31.9 Å². The molecule has 5 nitrogen and oxygen atoms in total. The lowest BCUT2D eigenvalue weighted by molar-refractivity contribution is 0.619. The van der Waals surface area contributed by atoms with Gasteiger partial charge < -0.3 is 9.80 Å². The van der Waals surface area contributed by atoms with Crippen LogP contribution in [0, 0.1) is 17.1 Å². The van der Waals surface area contributed by atoms with Gasteiger partial charge in [-0.05, 0) is 29.8 Å². The molecule has 0 N–H and O–H groups in total. The van der Waals surface area contributed by atoms with Crippen LogP contribution in [0.1, 0.15) is 5.56 Å². The van der Waals surface area contributed by atoms with Crippen LogP contribution in [0.25, 0.3) is 0 Å². The smallest absolute Gasteiger partial charge is 0.224 e. The summed E-state index contributed by atoms with van der Waals surface area (Å²) in [4.78, 5) is 12.1. The quantitative estimate of drug-likeness (QED) is 0.796. The Hall–Kier alpha value is -2.39. The van der Waals surface area contributed by atoms with E-state index in [9.17, 15) is 4.39 Å². The van der Waals surface area contributed by atoms with Gasteiger partial charge in [0.1, 0.15) is 17.4 Å². The van der Waals surface area contributed by atoms with Crippen molar-refractivity contribution in [2.45, 2.75) is 0 Å². The highest BCUT2D eigenvalue weighted by Crippen LogP contribution is 2.22. The van der Waals surface area contributed by atoms with Crippen molar-refractivity contribution < 1.29 is 4.39 Å². The first-order valence-electron chi connectivity index (χ1n) is 6.85. The number of halogens is 2. The average molecular weight is 318 g/mol. The minimum atomic E-state index is -0.241. The Bertz CT molecular complexity index is 722. The molecule has 7 heteroatoms. The van der Waals surface area contributed by atoms with E-state index in [1.807, 2.05) is 11.0 Å². The zero-order valence-corrected chi connectivity index (χ0v) is 12.5. The van der Waals surface area contributed by atoms with E-state index >= 15 is 0 Å². The average Bonchev–Trinajstić information content (AvgIpc) is 2.55. The highest BCUT2D eigenvalue weighted by atomic mass is 35.5. The van der Waals surface area contributed by atoms with Crippen LogP contribution < -0.4 is 9.80 Å². The summed E-state index contributed by atoms with van der Waals surface area (Å²) >= 11 is 5.82. The molecule has 2 aromatic rings. The highest BCUT2D eigenvalue weighted by Gasteiger charge is 2.21. The summed E-state index contributed by atoms with van der Waals surface area (Å²) in [7, 11) is 0. The van der Waals surface area contributed by atoms with Gasteiger partial charge in [-0.25, -0.2) is 9.37 Å². The standard InChI is InChI=1S/C15H13ClFN5/c16-15-19-10-11(9-18)14(20-15)22-6-4-21(5-7-22)13-3-1-2-12(17)8-13/h1-3,8,10H,4-7H2. The summed E-state index contributed by atoms with van der Waals surface area (Å²) in [6.45, 7) is 2.79. The van der Waals surface area contributed by atoms with E-state index in [-0.39, 0.29) is 11.1 Å². The van der Waals surface area contributed by atoms with E-state index in [0.717, 1.165) is 18.8 Å². The van der Waals surface area contributed by atoms with E-state index in [4.69, 9.17) is 16.9 Å². The zero-order valence-electron chi connectivity index (χ0n) is 11.7. The predicted molar refractivity (Wildman–Crippen MR) is 82.6 cm³/mol. The number of nitrogens with zero attached hydrogens (tertiary/aromatic N) is 5. The van der Waals surface area contributed by atoms with E-state index in [0.29, 0.717) is 24.5 Å². The largest absolute Gasteiger partial charge is 0.368 e. The molecule has 3 rings (SSSR count). The van der Waals surface area contributed by atoms with Crippen molar-refractivity contribution >= 4 is 23.1 Å². The molecular formula is C15H13ClFN5. The van der Waals surface area contributed by atoms with Crippen molar-refractivity contribution in [2.75, 3.05) is 36.0 Å². The molecule has 1 aromatic heterocycles. The Morgan fingerprint density at radius 1 is 1.18 bits per heavy atom. The van der Waals surface area contributed by atoms with Crippen molar-refractivity contribution in [1.29, 1.82) is 5.26 Å². The molecule has 0 bridgehead atoms. The molecular weight excluding hydrogens is 305 g/mol. The fourth-order valence-electron chi connectivity index (χ4n) is 2.52. The molecule has 2 heterocycles. The molecule has 0 spiro atoms. The lowest BCUT2D eigenvalue weighted by atomic mass is 10.2. The third-order valence-corrected chi connectivity index (χ3v) is 3.79. The monoisotopic (exact) mass is 317 g/mol. The number of nitriles is 1. The van der Waals surface area contributed by atoms with Gasteiger partial charge in [0.05, 0.1) is 6.20 Å². The van der Waals surface area contributed by atoms with Crippen molar-refractivity contribution in [3.8, 4) is 6.07 Å². The third-order valence-electron chi connectivity index (χ3n) is 3.61. The van der Waals surface area contributed by atoms with Crippen LogP contribution in [0.3, 0.4) is 0 Å². The van der Waals surface area contributed by atoms with Gasteiger partial charge >= 0.3 is 0 Å². The third kappa shape index (κ3) is 2.95. The maximum Gasteiger partial charge on any atom is 0.224 e. The second-order valence-electron chi connectivity index (χ2n) is 4.94. The number of piperazine rings is 1. The summed E-state index contributed by atoms with van der Waals surface area (Å²) < 4.78 is 13.3. The molecule has 0 saturated carbocycles. The zero-order chi connectivity index (χ0) is 15.5. The molecule has 0 aliphatic carbocycles. The van der Waals surface area contributed by atoms with Gasteiger partial charge in [-0.15, -0.1) is 0 Å². The van der Waals surface area contributed by atoms with Crippen LogP contribution in [-0.4, -0.2) is 36.1 Å². The number of hydrogen-bond acceptors (Lipinski definition) is 5. The molecule has 0 atom stereocenters. The molecule has 22 heavy (non-hydrogen) atoms. The molecule has 0 radical (unpaired) electrons. The van der Waals surface area contributed by atoms with Crippen molar-refractivity contribution in [3.63, 3.8) is 0 Å². The minimum Gasteiger partial charge on any atom is -0.368 e. The molecule has 1 saturated heterocycles. The Kier molecular flexibility index (Phi) is 4.07. The number of hydrogen-bond donors (Lipinski definition) is 0. The Labute approximate surface area is 132 Å². The number of anilines is 2. The fraction of sp³-hybridized carbons (Fsp3) is 0.267. The predicted octanol–water partition coefficient (Wildman–Crippen LogP) is 2.47. The molecule has 1 aliphatic rings. The Morgan fingerprint density at radius 3 is 2.59 bits per heavy atom. The topological polar surface area (TPSA) is 56.1 Å². The van der Waals surface area contributed by atoms with Crippen LogP contribution in [0.5, 0.6) is 0 Å². The van der Waals surface area contributed by atoms with Crippen LogP contribution in [-0.2, 0) is 0 Å². The maximum absolute atomic E-state index is 13.3. The first-order chi connectivity index (χ1) is 10.7. The van der Waals surface area contributed by atoms with Gasteiger partial charge in [-0.1, -0.05) is 6.07 Å². The molecule has 0 amide bonds. The second-order valence-corrected chi connectivity index (χ2v) is 5.28. The first kappa shape index (κ1) is 14.5. The summed E-state index contributed by atoms with van der Waals surface area (Å²) in [5.74, 6) is 0.315. The SMILES string of the molecule is N#Cc1cnc(Cl)nc1N1CCN(c2cccc(F)c2)CC1. The highest BCUT2D eigenvalue weighted by molar-refractivity contribution is 6.28. The molecule has 0 unspecified atom stereocenters. The van der Waals surface area contributed by atoms with Gasteiger partial charge in [0.2, 0.25) is 5.28 Å². The van der Waals surface area contributed by atoms with Crippen molar-refractivity contribution in [1.82, 2.24) is 9.97 Å². The molecule has 1 aromatic carbocycles.